The predicted molar refractivity (Wildman–Crippen MR) is 63.7 cm³/mol. The fourth-order valence-corrected chi connectivity index (χ4v) is 1.54. The van der Waals surface area contributed by atoms with E-state index < -0.39 is 0 Å². The lowest BCUT2D eigenvalue weighted by atomic mass is 10.3. The molecular weight excluding hydrogens is 190 g/mol. The number of nitrogens with zero attached hydrogens (tertiary/aromatic N) is 2. The highest BCUT2D eigenvalue weighted by Gasteiger charge is 2.16. The van der Waals surface area contributed by atoms with Crippen LogP contribution in [-0.2, 0) is 4.79 Å². The van der Waals surface area contributed by atoms with Crippen LogP contribution in [-0.4, -0.2) is 54.5 Å². The van der Waals surface area contributed by atoms with Crippen LogP contribution < -0.4 is 5.73 Å². The zero-order valence-electron chi connectivity index (χ0n) is 10.5. The zero-order valence-corrected chi connectivity index (χ0v) is 10.5. The standard InChI is InChI=1S/C11H25N3O/c1-5-13(6-2)11(15)9-14(8-7-12)10(3)4/h10H,5-9,12H2,1-4H3. The molecule has 0 aromatic heterocycles. The topological polar surface area (TPSA) is 49.6 Å². The van der Waals surface area contributed by atoms with Crippen molar-refractivity contribution < 1.29 is 4.79 Å². The molecule has 0 aromatic carbocycles. The fourth-order valence-electron chi connectivity index (χ4n) is 1.54. The molecule has 4 nitrogen and oxygen atoms in total. The molecule has 0 aliphatic heterocycles. The Morgan fingerprint density at radius 3 is 2.13 bits per heavy atom. The molecule has 0 atom stereocenters. The van der Waals surface area contributed by atoms with Crippen LogP contribution in [0.5, 0.6) is 0 Å². The molecule has 90 valence electrons. The summed E-state index contributed by atoms with van der Waals surface area (Å²) in [5, 5.41) is 0. The summed E-state index contributed by atoms with van der Waals surface area (Å²) in [5.74, 6) is 0.196. The summed E-state index contributed by atoms with van der Waals surface area (Å²) >= 11 is 0. The van der Waals surface area contributed by atoms with Gasteiger partial charge in [-0.25, -0.2) is 0 Å². The van der Waals surface area contributed by atoms with Crippen LogP contribution in [0.3, 0.4) is 0 Å². The Hall–Kier alpha value is -0.610. The first kappa shape index (κ1) is 14.4. The number of hydrogen-bond acceptors (Lipinski definition) is 3. The van der Waals surface area contributed by atoms with Crippen LogP contribution in [0.2, 0.25) is 0 Å². The molecule has 0 fully saturated rings. The largest absolute Gasteiger partial charge is 0.342 e. The second-order valence-corrected chi connectivity index (χ2v) is 3.92. The molecule has 0 unspecified atom stereocenters. The van der Waals surface area contributed by atoms with E-state index in [-0.39, 0.29) is 5.91 Å². The van der Waals surface area contributed by atoms with Gasteiger partial charge in [0.05, 0.1) is 6.54 Å². The summed E-state index contributed by atoms with van der Waals surface area (Å²) in [5.41, 5.74) is 5.52. The van der Waals surface area contributed by atoms with Gasteiger partial charge in [0.1, 0.15) is 0 Å². The van der Waals surface area contributed by atoms with Crippen LogP contribution >= 0.6 is 0 Å². The summed E-state index contributed by atoms with van der Waals surface area (Å²) in [4.78, 5) is 15.8. The molecule has 0 heterocycles. The predicted octanol–water partition coefficient (Wildman–Crippen LogP) is 0.524. The van der Waals surface area contributed by atoms with E-state index in [1.807, 2.05) is 18.7 Å². The molecule has 0 aromatic rings. The average molecular weight is 215 g/mol. The van der Waals surface area contributed by atoms with E-state index in [0.717, 1.165) is 19.6 Å². The average Bonchev–Trinajstić information content (AvgIpc) is 2.18. The lowest BCUT2D eigenvalue weighted by Gasteiger charge is -2.28. The van der Waals surface area contributed by atoms with E-state index in [1.54, 1.807) is 0 Å². The van der Waals surface area contributed by atoms with Crippen molar-refractivity contribution in [2.45, 2.75) is 33.7 Å². The summed E-state index contributed by atoms with van der Waals surface area (Å²) in [6, 6.07) is 0.369. The first-order valence-electron chi connectivity index (χ1n) is 5.78. The third-order valence-electron chi connectivity index (χ3n) is 2.60. The van der Waals surface area contributed by atoms with Gasteiger partial charge in [-0.1, -0.05) is 0 Å². The molecule has 0 rings (SSSR count). The Bertz CT molecular complexity index is 179. The number of carbonyl (C=O) groups excluding carboxylic acids is 1. The van der Waals surface area contributed by atoms with Crippen molar-refractivity contribution in [2.24, 2.45) is 5.73 Å². The van der Waals surface area contributed by atoms with Crippen molar-refractivity contribution in [1.29, 1.82) is 0 Å². The molecule has 0 aliphatic rings. The Labute approximate surface area is 93.4 Å². The minimum absolute atomic E-state index is 0.196. The third-order valence-corrected chi connectivity index (χ3v) is 2.60. The monoisotopic (exact) mass is 215 g/mol. The maximum Gasteiger partial charge on any atom is 0.236 e. The van der Waals surface area contributed by atoms with E-state index in [0.29, 0.717) is 19.1 Å². The van der Waals surface area contributed by atoms with Crippen molar-refractivity contribution in [3.63, 3.8) is 0 Å². The molecule has 0 radical (unpaired) electrons. The highest BCUT2D eigenvalue weighted by Crippen LogP contribution is 1.99. The van der Waals surface area contributed by atoms with Gasteiger partial charge in [-0.05, 0) is 27.7 Å². The number of likely N-dealkylation sites (N-methyl/N-ethyl adjacent to an activating group) is 1. The van der Waals surface area contributed by atoms with Gasteiger partial charge < -0.3 is 10.6 Å². The van der Waals surface area contributed by atoms with Crippen molar-refractivity contribution in [3.05, 3.63) is 0 Å². The Kier molecular flexibility index (Phi) is 7.34. The van der Waals surface area contributed by atoms with Gasteiger partial charge in [0.2, 0.25) is 5.91 Å². The Balaban J connectivity index is 4.20. The van der Waals surface area contributed by atoms with Crippen molar-refractivity contribution in [1.82, 2.24) is 9.80 Å². The van der Waals surface area contributed by atoms with Crippen LogP contribution in [0.1, 0.15) is 27.7 Å². The summed E-state index contributed by atoms with van der Waals surface area (Å²) in [6.07, 6.45) is 0. The quantitative estimate of drug-likeness (QED) is 0.674. The lowest BCUT2D eigenvalue weighted by Crippen LogP contribution is -2.44. The van der Waals surface area contributed by atoms with Crippen molar-refractivity contribution >= 4 is 5.91 Å². The minimum Gasteiger partial charge on any atom is -0.342 e. The summed E-state index contributed by atoms with van der Waals surface area (Å²) < 4.78 is 0. The number of carbonyl (C=O) groups is 1. The van der Waals surface area contributed by atoms with E-state index in [2.05, 4.69) is 18.7 Å². The first-order valence-corrected chi connectivity index (χ1v) is 5.78. The minimum atomic E-state index is 0.196. The second-order valence-electron chi connectivity index (χ2n) is 3.92. The lowest BCUT2D eigenvalue weighted by molar-refractivity contribution is -0.132. The van der Waals surface area contributed by atoms with Crippen LogP contribution in [0.4, 0.5) is 0 Å². The molecule has 0 spiro atoms. The number of hydrogen-bond donors (Lipinski definition) is 1. The van der Waals surface area contributed by atoms with E-state index in [1.165, 1.54) is 0 Å². The highest BCUT2D eigenvalue weighted by atomic mass is 16.2. The Morgan fingerprint density at radius 1 is 1.27 bits per heavy atom. The molecule has 0 bridgehead atoms. The van der Waals surface area contributed by atoms with Gasteiger partial charge in [-0.15, -0.1) is 0 Å². The SMILES string of the molecule is CCN(CC)C(=O)CN(CCN)C(C)C. The van der Waals surface area contributed by atoms with Gasteiger partial charge >= 0.3 is 0 Å². The van der Waals surface area contributed by atoms with Crippen LogP contribution in [0.15, 0.2) is 0 Å². The molecule has 2 N–H and O–H groups in total. The molecule has 0 saturated heterocycles. The van der Waals surface area contributed by atoms with Crippen molar-refractivity contribution in [2.75, 3.05) is 32.7 Å². The van der Waals surface area contributed by atoms with E-state index >= 15 is 0 Å². The molecule has 0 aliphatic carbocycles. The van der Waals surface area contributed by atoms with Gasteiger partial charge in [-0.2, -0.15) is 0 Å². The van der Waals surface area contributed by atoms with Gasteiger partial charge in [-0.3, -0.25) is 9.69 Å². The molecule has 4 heteroatoms. The molecule has 1 amide bonds. The van der Waals surface area contributed by atoms with E-state index in [4.69, 9.17) is 5.73 Å². The number of amides is 1. The fraction of sp³-hybridized carbons (Fsp3) is 0.909. The maximum absolute atomic E-state index is 11.8. The molecule has 15 heavy (non-hydrogen) atoms. The normalized spacial score (nSPS) is 11.1. The summed E-state index contributed by atoms with van der Waals surface area (Å²) in [6.45, 7) is 11.6. The zero-order chi connectivity index (χ0) is 11.8. The third kappa shape index (κ3) is 5.14. The van der Waals surface area contributed by atoms with Gasteiger partial charge in [0, 0.05) is 32.2 Å². The van der Waals surface area contributed by atoms with Crippen LogP contribution in [0.25, 0.3) is 0 Å². The number of nitrogens with two attached hydrogens (primary N) is 1. The number of rotatable bonds is 7. The molecular formula is C11H25N3O. The Morgan fingerprint density at radius 2 is 1.80 bits per heavy atom. The molecule has 0 saturated carbocycles. The van der Waals surface area contributed by atoms with Crippen LogP contribution in [0, 0.1) is 0 Å². The smallest absolute Gasteiger partial charge is 0.236 e. The van der Waals surface area contributed by atoms with Crippen molar-refractivity contribution in [3.8, 4) is 0 Å². The first-order chi connectivity index (χ1) is 7.06. The van der Waals surface area contributed by atoms with Gasteiger partial charge in [0.25, 0.3) is 0 Å². The van der Waals surface area contributed by atoms with E-state index in [9.17, 15) is 4.79 Å². The second kappa shape index (κ2) is 7.65. The summed E-state index contributed by atoms with van der Waals surface area (Å²) in [7, 11) is 0. The highest BCUT2D eigenvalue weighted by molar-refractivity contribution is 5.78. The maximum atomic E-state index is 11.8. The van der Waals surface area contributed by atoms with Gasteiger partial charge in [0.15, 0.2) is 0 Å².